The van der Waals surface area contributed by atoms with Crippen molar-refractivity contribution in [2.45, 2.75) is 13.5 Å². The summed E-state index contributed by atoms with van der Waals surface area (Å²) >= 11 is 0. The predicted octanol–water partition coefficient (Wildman–Crippen LogP) is 4.00. The number of aryl methyl sites for hydroxylation is 1. The maximum absolute atomic E-state index is 12.3. The van der Waals surface area contributed by atoms with E-state index in [0.29, 0.717) is 22.8 Å². The summed E-state index contributed by atoms with van der Waals surface area (Å²) in [6.07, 6.45) is 0. The van der Waals surface area contributed by atoms with E-state index in [9.17, 15) is 4.79 Å². The molecule has 0 aliphatic rings. The molecule has 0 aliphatic carbocycles. The van der Waals surface area contributed by atoms with Crippen LogP contribution >= 0.6 is 0 Å². The summed E-state index contributed by atoms with van der Waals surface area (Å²) in [4.78, 5) is 12.3. The summed E-state index contributed by atoms with van der Waals surface area (Å²) in [6.45, 7) is 1.82. The largest absolute Gasteiger partial charge is 0.459 e. The van der Waals surface area contributed by atoms with Gasteiger partial charge in [-0.05, 0) is 43.3 Å². The van der Waals surface area contributed by atoms with Gasteiger partial charge in [-0.3, -0.25) is 4.79 Å². The highest BCUT2D eigenvalue weighted by atomic mass is 16.4. The lowest BCUT2D eigenvalue weighted by atomic mass is 10.1. The topological polar surface area (TPSA) is 62.5 Å². The summed E-state index contributed by atoms with van der Waals surface area (Å²) in [5.41, 5.74) is 3.19. The zero-order valence-electron chi connectivity index (χ0n) is 12.7. The first-order valence-corrected chi connectivity index (χ1v) is 7.34. The number of hydrogen-bond donors (Lipinski definition) is 2. The quantitative estimate of drug-likeness (QED) is 0.766. The number of nitrogens with one attached hydrogen (secondary N) is 1. The smallest absolute Gasteiger partial charge is 0.255 e. The van der Waals surface area contributed by atoms with Crippen molar-refractivity contribution < 1.29 is 14.3 Å². The van der Waals surface area contributed by atoms with Gasteiger partial charge in [0.1, 0.15) is 18.1 Å². The molecule has 4 nitrogen and oxygen atoms in total. The summed E-state index contributed by atoms with van der Waals surface area (Å²) in [7, 11) is 0. The van der Waals surface area contributed by atoms with Crippen LogP contribution in [0.25, 0.3) is 11.3 Å². The molecule has 1 heterocycles. The molecule has 1 amide bonds. The molecule has 0 radical (unpaired) electrons. The van der Waals surface area contributed by atoms with Crippen molar-refractivity contribution >= 4 is 11.6 Å². The highest BCUT2D eigenvalue weighted by Crippen LogP contribution is 2.25. The second-order valence-corrected chi connectivity index (χ2v) is 5.33. The molecule has 0 atom stereocenters. The summed E-state index contributed by atoms with van der Waals surface area (Å²) in [6, 6.07) is 18.4. The van der Waals surface area contributed by atoms with Crippen LogP contribution in [0.5, 0.6) is 0 Å². The van der Waals surface area contributed by atoms with Crippen LogP contribution in [0.2, 0.25) is 0 Å². The molecule has 0 saturated carbocycles. The van der Waals surface area contributed by atoms with Gasteiger partial charge in [-0.25, -0.2) is 0 Å². The number of aliphatic hydroxyl groups excluding tert-OH is 1. The monoisotopic (exact) mass is 307 g/mol. The van der Waals surface area contributed by atoms with E-state index in [4.69, 9.17) is 9.52 Å². The van der Waals surface area contributed by atoms with Crippen LogP contribution in [0.15, 0.2) is 65.1 Å². The minimum Gasteiger partial charge on any atom is -0.459 e. The van der Waals surface area contributed by atoms with Crippen LogP contribution in [-0.4, -0.2) is 11.0 Å². The van der Waals surface area contributed by atoms with E-state index in [1.54, 1.807) is 18.2 Å². The standard InChI is InChI=1S/C19H17NO3/c1-13-4-2-6-15(10-13)19(22)20-16-7-3-5-14(11-16)18-9-8-17(12-21)23-18/h2-11,21H,12H2,1H3,(H,20,22). The molecular formula is C19H17NO3. The second kappa shape index (κ2) is 6.50. The molecule has 0 saturated heterocycles. The van der Waals surface area contributed by atoms with Crippen molar-refractivity contribution in [3.63, 3.8) is 0 Å². The van der Waals surface area contributed by atoms with E-state index in [1.807, 2.05) is 49.4 Å². The van der Waals surface area contributed by atoms with E-state index in [1.165, 1.54) is 0 Å². The maximum atomic E-state index is 12.3. The lowest BCUT2D eigenvalue weighted by molar-refractivity contribution is 0.102. The van der Waals surface area contributed by atoms with Crippen molar-refractivity contribution in [1.29, 1.82) is 0 Å². The number of carbonyl (C=O) groups is 1. The van der Waals surface area contributed by atoms with Crippen LogP contribution in [0, 0.1) is 6.92 Å². The number of carbonyl (C=O) groups excluding carboxylic acids is 1. The molecule has 0 aliphatic heterocycles. The third-order valence-electron chi connectivity index (χ3n) is 3.50. The first kappa shape index (κ1) is 15.1. The number of rotatable bonds is 4. The van der Waals surface area contributed by atoms with Gasteiger partial charge in [-0.1, -0.05) is 29.8 Å². The van der Waals surface area contributed by atoms with E-state index in [0.717, 1.165) is 11.1 Å². The van der Waals surface area contributed by atoms with Crippen molar-refractivity contribution in [3.8, 4) is 11.3 Å². The molecule has 3 aromatic rings. The van der Waals surface area contributed by atoms with Gasteiger partial charge in [-0.15, -0.1) is 0 Å². The van der Waals surface area contributed by atoms with Crippen LogP contribution < -0.4 is 5.32 Å². The Labute approximate surface area is 134 Å². The SMILES string of the molecule is Cc1cccc(C(=O)Nc2cccc(-c3ccc(CO)o3)c2)c1. The summed E-state index contributed by atoms with van der Waals surface area (Å²) < 4.78 is 5.52. The average Bonchev–Trinajstić information content (AvgIpc) is 3.04. The molecule has 2 N–H and O–H groups in total. The van der Waals surface area contributed by atoms with Crippen LogP contribution in [0.4, 0.5) is 5.69 Å². The highest BCUT2D eigenvalue weighted by molar-refractivity contribution is 6.04. The number of aliphatic hydroxyl groups is 1. The van der Waals surface area contributed by atoms with E-state index >= 15 is 0 Å². The number of amides is 1. The first-order valence-electron chi connectivity index (χ1n) is 7.34. The van der Waals surface area contributed by atoms with Crippen molar-refractivity contribution in [2.75, 3.05) is 5.32 Å². The van der Waals surface area contributed by atoms with E-state index < -0.39 is 0 Å². The lowest BCUT2D eigenvalue weighted by Crippen LogP contribution is -2.11. The zero-order chi connectivity index (χ0) is 16.2. The molecule has 3 rings (SSSR count). The fourth-order valence-corrected chi connectivity index (χ4v) is 2.36. The highest BCUT2D eigenvalue weighted by Gasteiger charge is 2.08. The number of benzene rings is 2. The van der Waals surface area contributed by atoms with Crippen molar-refractivity contribution in [2.24, 2.45) is 0 Å². The third-order valence-corrected chi connectivity index (χ3v) is 3.50. The van der Waals surface area contributed by atoms with Gasteiger partial charge in [0.05, 0.1) is 0 Å². The Morgan fingerprint density at radius 3 is 2.65 bits per heavy atom. The average molecular weight is 307 g/mol. The number of furan rings is 1. The first-order chi connectivity index (χ1) is 11.2. The van der Waals surface area contributed by atoms with Crippen LogP contribution in [0.1, 0.15) is 21.7 Å². The number of anilines is 1. The van der Waals surface area contributed by atoms with E-state index in [2.05, 4.69) is 5.32 Å². The molecule has 116 valence electrons. The lowest BCUT2D eigenvalue weighted by Gasteiger charge is -2.07. The molecule has 0 spiro atoms. The Balaban J connectivity index is 1.81. The fourth-order valence-electron chi connectivity index (χ4n) is 2.36. The fraction of sp³-hybridized carbons (Fsp3) is 0.105. The predicted molar refractivity (Wildman–Crippen MR) is 89.2 cm³/mol. The van der Waals surface area contributed by atoms with Crippen molar-refractivity contribution in [1.82, 2.24) is 0 Å². The molecule has 0 bridgehead atoms. The van der Waals surface area contributed by atoms with E-state index in [-0.39, 0.29) is 12.5 Å². The Morgan fingerprint density at radius 2 is 1.91 bits per heavy atom. The van der Waals surface area contributed by atoms with Gasteiger partial charge in [0.25, 0.3) is 5.91 Å². The molecule has 0 fully saturated rings. The van der Waals surface area contributed by atoms with Crippen LogP contribution in [0.3, 0.4) is 0 Å². The minimum atomic E-state index is -0.152. The Bertz CT molecular complexity index is 836. The molecule has 0 unspecified atom stereocenters. The zero-order valence-corrected chi connectivity index (χ0v) is 12.7. The summed E-state index contributed by atoms with van der Waals surface area (Å²) in [5, 5.41) is 12.0. The van der Waals surface area contributed by atoms with Gasteiger partial charge in [-0.2, -0.15) is 0 Å². The van der Waals surface area contributed by atoms with Gasteiger partial charge in [0.2, 0.25) is 0 Å². The number of hydrogen-bond acceptors (Lipinski definition) is 3. The van der Waals surface area contributed by atoms with Crippen molar-refractivity contribution in [3.05, 3.63) is 77.6 Å². The third kappa shape index (κ3) is 3.49. The molecule has 4 heteroatoms. The molecule has 23 heavy (non-hydrogen) atoms. The second-order valence-electron chi connectivity index (χ2n) is 5.33. The van der Waals surface area contributed by atoms with Gasteiger partial charge in [0.15, 0.2) is 0 Å². The normalized spacial score (nSPS) is 10.5. The molecular weight excluding hydrogens is 290 g/mol. The van der Waals surface area contributed by atoms with Crippen LogP contribution in [-0.2, 0) is 6.61 Å². The Kier molecular flexibility index (Phi) is 4.26. The Hall–Kier alpha value is -2.85. The molecule has 1 aromatic heterocycles. The maximum Gasteiger partial charge on any atom is 0.255 e. The Morgan fingerprint density at radius 1 is 1.09 bits per heavy atom. The van der Waals surface area contributed by atoms with Gasteiger partial charge >= 0.3 is 0 Å². The van der Waals surface area contributed by atoms with Gasteiger partial charge < -0.3 is 14.8 Å². The molecule has 2 aromatic carbocycles. The minimum absolute atomic E-state index is 0.135. The van der Waals surface area contributed by atoms with Gasteiger partial charge in [0, 0.05) is 16.8 Å². The summed E-state index contributed by atoms with van der Waals surface area (Å²) in [5.74, 6) is 1.01.